The van der Waals surface area contributed by atoms with E-state index in [0.717, 1.165) is 66.5 Å². The summed E-state index contributed by atoms with van der Waals surface area (Å²) in [5, 5.41) is 4.68. The summed E-state index contributed by atoms with van der Waals surface area (Å²) in [5.74, 6) is 1.94. The van der Waals surface area contributed by atoms with Gasteiger partial charge in [0.2, 0.25) is 0 Å². The highest BCUT2D eigenvalue weighted by atomic mass is 16.3. The van der Waals surface area contributed by atoms with E-state index in [-0.39, 0.29) is 0 Å². The van der Waals surface area contributed by atoms with Crippen molar-refractivity contribution in [1.82, 2.24) is 19.5 Å². The van der Waals surface area contributed by atoms with Crippen LogP contribution in [0.4, 0.5) is 0 Å². The van der Waals surface area contributed by atoms with E-state index in [4.69, 9.17) is 19.4 Å². The maximum atomic E-state index is 6.22. The van der Waals surface area contributed by atoms with Gasteiger partial charge in [-0.05, 0) is 71.8 Å². The molecular formula is C45H28N4O. The molecule has 7 aromatic carbocycles. The van der Waals surface area contributed by atoms with Gasteiger partial charge < -0.3 is 8.98 Å². The second-order valence-electron chi connectivity index (χ2n) is 12.5. The van der Waals surface area contributed by atoms with E-state index < -0.39 is 0 Å². The van der Waals surface area contributed by atoms with Gasteiger partial charge in [0.1, 0.15) is 11.2 Å². The molecule has 5 nitrogen and oxygen atoms in total. The van der Waals surface area contributed by atoms with Crippen molar-refractivity contribution < 1.29 is 4.42 Å². The molecule has 0 bridgehead atoms. The van der Waals surface area contributed by atoms with Crippen LogP contribution >= 0.6 is 0 Å². The van der Waals surface area contributed by atoms with Gasteiger partial charge in [-0.2, -0.15) is 0 Å². The molecule has 0 N–H and O–H groups in total. The summed E-state index contributed by atoms with van der Waals surface area (Å²) in [4.78, 5) is 14.7. The minimum atomic E-state index is 0.637. The third-order valence-electron chi connectivity index (χ3n) is 9.47. The van der Waals surface area contributed by atoms with Gasteiger partial charge in [-0.1, -0.05) is 109 Å². The number of benzene rings is 7. The van der Waals surface area contributed by atoms with Gasteiger partial charge in [0.15, 0.2) is 17.5 Å². The molecule has 0 aliphatic rings. The second-order valence-corrected chi connectivity index (χ2v) is 12.5. The SMILES string of the molecule is c1ccc(-c2nc(-c3ccccc3)nc(-c3ccc(-n4c5ccccc5c5cc(-c6ccc7c(c6)oc6ccccc67)ccc54)cc3)n2)cc1. The number of nitrogens with zero attached hydrogens (tertiary/aromatic N) is 4. The molecule has 0 aliphatic carbocycles. The lowest BCUT2D eigenvalue weighted by Gasteiger charge is -2.11. The van der Waals surface area contributed by atoms with Crippen molar-refractivity contribution in [2.24, 2.45) is 0 Å². The zero-order chi connectivity index (χ0) is 33.0. The molecule has 0 spiro atoms. The maximum absolute atomic E-state index is 6.22. The zero-order valence-electron chi connectivity index (χ0n) is 26.9. The highest BCUT2D eigenvalue weighted by Crippen LogP contribution is 2.37. The van der Waals surface area contributed by atoms with Crippen LogP contribution in [-0.4, -0.2) is 19.5 Å². The number of para-hydroxylation sites is 2. The normalized spacial score (nSPS) is 11.6. The number of hydrogen-bond acceptors (Lipinski definition) is 4. The Morgan fingerprint density at radius 1 is 0.340 bits per heavy atom. The smallest absolute Gasteiger partial charge is 0.164 e. The molecule has 234 valence electrons. The van der Waals surface area contributed by atoms with Crippen LogP contribution < -0.4 is 0 Å². The van der Waals surface area contributed by atoms with Crippen molar-refractivity contribution in [3.8, 4) is 51.0 Å². The summed E-state index contributed by atoms with van der Waals surface area (Å²) in [6.45, 7) is 0. The van der Waals surface area contributed by atoms with E-state index >= 15 is 0 Å². The van der Waals surface area contributed by atoms with Crippen LogP contribution in [-0.2, 0) is 0 Å². The predicted molar refractivity (Wildman–Crippen MR) is 203 cm³/mol. The van der Waals surface area contributed by atoms with Gasteiger partial charge in [-0.15, -0.1) is 0 Å². The number of furan rings is 1. The molecule has 10 rings (SSSR count). The largest absolute Gasteiger partial charge is 0.456 e. The average Bonchev–Trinajstić information content (AvgIpc) is 3.73. The van der Waals surface area contributed by atoms with Crippen LogP contribution in [0, 0.1) is 0 Å². The highest BCUT2D eigenvalue weighted by molar-refractivity contribution is 6.11. The molecule has 0 aliphatic heterocycles. The van der Waals surface area contributed by atoms with Crippen molar-refractivity contribution in [3.05, 3.63) is 170 Å². The molecule has 10 aromatic rings. The topological polar surface area (TPSA) is 56.7 Å². The Morgan fingerprint density at radius 2 is 0.840 bits per heavy atom. The van der Waals surface area contributed by atoms with E-state index in [1.54, 1.807) is 0 Å². The van der Waals surface area contributed by atoms with E-state index in [2.05, 4.69) is 102 Å². The third-order valence-corrected chi connectivity index (χ3v) is 9.47. The molecule has 0 unspecified atom stereocenters. The number of hydrogen-bond donors (Lipinski definition) is 0. The number of rotatable bonds is 5. The van der Waals surface area contributed by atoms with Crippen LogP contribution in [0.25, 0.3) is 94.7 Å². The first-order chi connectivity index (χ1) is 24.8. The minimum Gasteiger partial charge on any atom is -0.456 e. The van der Waals surface area contributed by atoms with Crippen LogP contribution in [0.5, 0.6) is 0 Å². The molecule has 3 aromatic heterocycles. The number of aromatic nitrogens is 4. The number of fused-ring (bicyclic) bond motifs is 6. The Balaban J connectivity index is 1.07. The van der Waals surface area contributed by atoms with Crippen molar-refractivity contribution in [3.63, 3.8) is 0 Å². The maximum Gasteiger partial charge on any atom is 0.164 e. The van der Waals surface area contributed by atoms with Crippen molar-refractivity contribution in [2.75, 3.05) is 0 Å². The van der Waals surface area contributed by atoms with Gasteiger partial charge in [0.05, 0.1) is 11.0 Å². The molecule has 5 heteroatoms. The first-order valence-electron chi connectivity index (χ1n) is 16.7. The van der Waals surface area contributed by atoms with Crippen LogP contribution in [0.3, 0.4) is 0 Å². The fourth-order valence-electron chi connectivity index (χ4n) is 7.03. The molecule has 0 saturated heterocycles. The van der Waals surface area contributed by atoms with Gasteiger partial charge in [-0.25, -0.2) is 15.0 Å². The Labute approximate surface area is 287 Å². The molecule has 0 saturated carbocycles. The summed E-state index contributed by atoms with van der Waals surface area (Å²) >= 11 is 0. The summed E-state index contributed by atoms with van der Waals surface area (Å²) < 4.78 is 8.55. The first-order valence-corrected chi connectivity index (χ1v) is 16.7. The third kappa shape index (κ3) is 4.67. The lowest BCUT2D eigenvalue weighted by molar-refractivity contribution is 0.669. The quantitative estimate of drug-likeness (QED) is 0.188. The molecule has 0 fully saturated rings. The summed E-state index contributed by atoms with van der Waals surface area (Å²) in [6.07, 6.45) is 0. The van der Waals surface area contributed by atoms with Gasteiger partial charge in [-0.3, -0.25) is 0 Å². The first kappa shape index (κ1) is 28.2. The minimum absolute atomic E-state index is 0.637. The highest BCUT2D eigenvalue weighted by Gasteiger charge is 2.16. The second kappa shape index (κ2) is 11.4. The van der Waals surface area contributed by atoms with Crippen molar-refractivity contribution in [1.29, 1.82) is 0 Å². The molecular weight excluding hydrogens is 613 g/mol. The van der Waals surface area contributed by atoms with Crippen LogP contribution in [0.2, 0.25) is 0 Å². The van der Waals surface area contributed by atoms with Gasteiger partial charge in [0, 0.05) is 43.9 Å². The lowest BCUT2D eigenvalue weighted by Crippen LogP contribution is -2.00. The fourth-order valence-corrected chi connectivity index (χ4v) is 7.03. The monoisotopic (exact) mass is 640 g/mol. The summed E-state index contributed by atoms with van der Waals surface area (Å²) in [6, 6.07) is 58.7. The van der Waals surface area contributed by atoms with Gasteiger partial charge in [0.25, 0.3) is 0 Å². The van der Waals surface area contributed by atoms with E-state index in [9.17, 15) is 0 Å². The standard InChI is InChI=1S/C45H28N4O/c1-3-11-29(12-4-1)43-46-44(30-13-5-2-6-14-30)48-45(47-43)31-19-23-34(24-20-31)49-39-17-9-7-15-35(39)38-27-32(22-26-40(38)49)33-21-25-37-36-16-8-10-18-41(36)50-42(37)28-33/h1-28H. The molecule has 3 heterocycles. The Hall–Kier alpha value is -6.85. The molecule has 0 radical (unpaired) electrons. The Morgan fingerprint density at radius 3 is 1.54 bits per heavy atom. The van der Waals surface area contributed by atoms with E-state index in [1.165, 1.54) is 10.8 Å². The molecule has 0 atom stereocenters. The summed E-state index contributed by atoms with van der Waals surface area (Å²) in [7, 11) is 0. The molecule has 0 amide bonds. The van der Waals surface area contributed by atoms with Crippen molar-refractivity contribution in [2.45, 2.75) is 0 Å². The van der Waals surface area contributed by atoms with E-state index in [1.807, 2.05) is 72.8 Å². The predicted octanol–water partition coefficient (Wildman–Crippen LogP) is 11.5. The van der Waals surface area contributed by atoms with Crippen molar-refractivity contribution >= 4 is 43.7 Å². The Bertz CT molecular complexity index is 2800. The van der Waals surface area contributed by atoms with Crippen LogP contribution in [0.1, 0.15) is 0 Å². The van der Waals surface area contributed by atoms with Crippen LogP contribution in [0.15, 0.2) is 174 Å². The Kier molecular flexibility index (Phi) is 6.42. The fraction of sp³-hybridized carbons (Fsp3) is 0. The zero-order valence-corrected chi connectivity index (χ0v) is 26.9. The molecule has 50 heavy (non-hydrogen) atoms. The van der Waals surface area contributed by atoms with E-state index in [0.29, 0.717) is 17.5 Å². The summed E-state index contributed by atoms with van der Waals surface area (Å²) in [5.41, 5.74) is 10.3. The lowest BCUT2D eigenvalue weighted by atomic mass is 10.0. The van der Waals surface area contributed by atoms with Gasteiger partial charge >= 0.3 is 0 Å². The average molecular weight is 641 g/mol.